The van der Waals surface area contributed by atoms with E-state index in [4.69, 9.17) is 0 Å². The molecule has 1 N–H and O–H groups in total. The number of carboxylic acid groups (broad SMARTS) is 1. The number of carbonyl (C=O) groups excluding carboxylic acids is 2. The summed E-state index contributed by atoms with van der Waals surface area (Å²) in [5.41, 5.74) is -0.188. The number of nitrogens with zero attached hydrogens (tertiary/aromatic N) is 2. The summed E-state index contributed by atoms with van der Waals surface area (Å²) in [5.74, 6) is -2.22. The number of hydrogen-bond donors (Lipinski definition) is 1. The Bertz CT molecular complexity index is 728. The molecule has 2 amide bonds. The van der Waals surface area contributed by atoms with E-state index in [0.717, 1.165) is 0 Å². The van der Waals surface area contributed by atoms with Crippen LogP contribution in [0.15, 0.2) is 24.3 Å². The van der Waals surface area contributed by atoms with E-state index in [-0.39, 0.29) is 30.5 Å². The van der Waals surface area contributed by atoms with Crippen molar-refractivity contribution in [2.45, 2.75) is 37.6 Å². The lowest BCUT2D eigenvalue weighted by Gasteiger charge is -2.45. The molecular formula is C19H23FN2O4. The third kappa shape index (κ3) is 3.18. The molecular weight excluding hydrogens is 339 g/mol. The van der Waals surface area contributed by atoms with Gasteiger partial charge in [0.1, 0.15) is 5.82 Å². The molecule has 1 atom stereocenters. The Kier molecular flexibility index (Phi) is 4.98. The van der Waals surface area contributed by atoms with Crippen LogP contribution in [0.4, 0.5) is 4.39 Å². The van der Waals surface area contributed by atoms with Crippen LogP contribution in [0, 0.1) is 11.7 Å². The van der Waals surface area contributed by atoms with E-state index in [1.807, 2.05) is 0 Å². The number of hydrogen-bond acceptors (Lipinski definition) is 3. The molecule has 7 heteroatoms. The quantitative estimate of drug-likeness (QED) is 0.884. The van der Waals surface area contributed by atoms with Gasteiger partial charge in [-0.15, -0.1) is 0 Å². The molecule has 2 aliphatic heterocycles. The predicted octanol–water partition coefficient (Wildman–Crippen LogP) is 1.68. The summed E-state index contributed by atoms with van der Waals surface area (Å²) in [6, 6.07) is 6.41. The van der Waals surface area contributed by atoms with Gasteiger partial charge in [0, 0.05) is 33.0 Å². The molecule has 1 aromatic carbocycles. The molecule has 6 nitrogen and oxygen atoms in total. The number of likely N-dealkylation sites (tertiary alicyclic amines) is 2. The smallest absolute Gasteiger partial charge is 0.309 e. The number of halogens is 1. The van der Waals surface area contributed by atoms with Crippen molar-refractivity contribution in [1.29, 1.82) is 0 Å². The number of benzene rings is 1. The molecule has 1 spiro atoms. The predicted molar refractivity (Wildman–Crippen MR) is 91.8 cm³/mol. The zero-order valence-corrected chi connectivity index (χ0v) is 14.8. The Balaban J connectivity index is 1.61. The lowest BCUT2D eigenvalue weighted by atomic mass is 9.77. The molecule has 2 saturated heterocycles. The second-order valence-corrected chi connectivity index (χ2v) is 7.12. The van der Waals surface area contributed by atoms with Gasteiger partial charge < -0.3 is 14.9 Å². The summed E-state index contributed by atoms with van der Waals surface area (Å²) < 4.78 is 13.7. The highest BCUT2D eigenvalue weighted by Gasteiger charge is 2.55. The van der Waals surface area contributed by atoms with Crippen molar-refractivity contribution in [3.05, 3.63) is 35.6 Å². The number of piperidine rings is 1. The average molecular weight is 362 g/mol. The highest BCUT2D eigenvalue weighted by molar-refractivity contribution is 5.88. The van der Waals surface area contributed by atoms with E-state index in [9.17, 15) is 23.9 Å². The third-order valence-electron chi connectivity index (χ3n) is 5.92. The van der Waals surface area contributed by atoms with E-state index >= 15 is 0 Å². The maximum absolute atomic E-state index is 13.7. The summed E-state index contributed by atoms with van der Waals surface area (Å²) in [6.07, 6.45) is 1.48. The maximum Gasteiger partial charge on any atom is 0.309 e. The molecule has 1 aromatic rings. The van der Waals surface area contributed by atoms with Gasteiger partial charge in [0.05, 0.1) is 11.5 Å². The summed E-state index contributed by atoms with van der Waals surface area (Å²) in [6.45, 7) is 0.828. The number of aliphatic carboxylic acids is 1. The summed E-state index contributed by atoms with van der Waals surface area (Å²) >= 11 is 0. The second kappa shape index (κ2) is 7.05. The molecule has 0 bridgehead atoms. The van der Waals surface area contributed by atoms with Gasteiger partial charge in [-0.25, -0.2) is 4.39 Å². The van der Waals surface area contributed by atoms with Crippen LogP contribution >= 0.6 is 0 Å². The first-order valence-corrected chi connectivity index (χ1v) is 8.86. The molecule has 2 fully saturated rings. The number of rotatable bonds is 4. The van der Waals surface area contributed by atoms with Crippen LogP contribution in [0.5, 0.6) is 0 Å². The lowest BCUT2D eigenvalue weighted by molar-refractivity contribution is -0.147. The molecule has 0 aromatic heterocycles. The van der Waals surface area contributed by atoms with Gasteiger partial charge in [-0.2, -0.15) is 0 Å². The van der Waals surface area contributed by atoms with E-state index in [1.54, 1.807) is 35.0 Å². The minimum Gasteiger partial charge on any atom is -0.481 e. The zero-order valence-electron chi connectivity index (χ0n) is 14.8. The van der Waals surface area contributed by atoms with Crippen molar-refractivity contribution in [3.8, 4) is 0 Å². The first-order valence-electron chi connectivity index (χ1n) is 8.86. The van der Waals surface area contributed by atoms with Gasteiger partial charge in [0.25, 0.3) is 0 Å². The van der Waals surface area contributed by atoms with Crippen molar-refractivity contribution < 1.29 is 23.9 Å². The minimum atomic E-state index is -0.956. The summed E-state index contributed by atoms with van der Waals surface area (Å²) in [4.78, 5) is 39.3. The van der Waals surface area contributed by atoms with Crippen LogP contribution in [-0.2, 0) is 20.8 Å². The van der Waals surface area contributed by atoms with Gasteiger partial charge in [-0.1, -0.05) is 18.2 Å². The van der Waals surface area contributed by atoms with Crippen molar-refractivity contribution in [2.75, 3.05) is 20.1 Å². The van der Waals surface area contributed by atoms with E-state index in [2.05, 4.69) is 0 Å². The Hall–Kier alpha value is -2.44. The van der Waals surface area contributed by atoms with Gasteiger partial charge in [0.15, 0.2) is 0 Å². The van der Waals surface area contributed by atoms with E-state index in [1.165, 1.54) is 6.07 Å². The van der Waals surface area contributed by atoms with Crippen molar-refractivity contribution in [1.82, 2.24) is 9.80 Å². The van der Waals surface area contributed by atoms with Crippen LogP contribution in [0.1, 0.15) is 31.2 Å². The number of amides is 2. The number of aryl methyl sites for hydroxylation is 1. The van der Waals surface area contributed by atoms with Crippen molar-refractivity contribution in [2.24, 2.45) is 5.92 Å². The van der Waals surface area contributed by atoms with Crippen LogP contribution in [0.3, 0.4) is 0 Å². The molecule has 2 heterocycles. The molecule has 0 radical (unpaired) electrons. The first-order chi connectivity index (χ1) is 12.3. The highest BCUT2D eigenvalue weighted by Crippen LogP contribution is 2.42. The van der Waals surface area contributed by atoms with Gasteiger partial charge >= 0.3 is 5.97 Å². The van der Waals surface area contributed by atoms with Crippen molar-refractivity contribution in [3.63, 3.8) is 0 Å². The Morgan fingerprint density at radius 3 is 2.54 bits per heavy atom. The summed E-state index contributed by atoms with van der Waals surface area (Å²) in [7, 11) is 1.65. The SMILES string of the molecule is CN1C(=O)C[C@@H](C(=O)O)C12CCN(C(=O)CCc1ccccc1F)CC2. The molecule has 0 aliphatic carbocycles. The number of carboxylic acids is 1. The monoisotopic (exact) mass is 362 g/mol. The third-order valence-corrected chi connectivity index (χ3v) is 5.92. The second-order valence-electron chi connectivity index (χ2n) is 7.12. The molecule has 140 valence electrons. The fraction of sp³-hybridized carbons (Fsp3) is 0.526. The largest absolute Gasteiger partial charge is 0.481 e. The molecule has 0 unspecified atom stereocenters. The molecule has 3 rings (SSSR count). The number of carbonyl (C=O) groups is 3. The Morgan fingerprint density at radius 1 is 1.27 bits per heavy atom. The molecule has 2 aliphatic rings. The summed E-state index contributed by atoms with van der Waals surface area (Å²) in [5, 5.41) is 9.48. The minimum absolute atomic E-state index is 0.0209. The fourth-order valence-electron chi connectivity index (χ4n) is 4.23. The standard InChI is InChI=1S/C19H23FN2O4/c1-21-17(24)12-14(18(25)26)19(21)8-10-22(11-9-19)16(23)7-6-13-4-2-3-5-15(13)20/h2-5,14H,6-12H2,1H3,(H,25,26)/t14-/m0/s1. The first kappa shape index (κ1) is 18.4. The zero-order chi connectivity index (χ0) is 18.9. The van der Waals surface area contributed by atoms with E-state index in [0.29, 0.717) is 37.9 Å². The molecule has 0 saturated carbocycles. The van der Waals surface area contributed by atoms with E-state index < -0.39 is 17.4 Å². The topological polar surface area (TPSA) is 77.9 Å². The van der Waals surface area contributed by atoms with Crippen LogP contribution in [0.25, 0.3) is 0 Å². The van der Waals surface area contributed by atoms with Crippen LogP contribution in [0.2, 0.25) is 0 Å². The Labute approximate surface area is 151 Å². The Morgan fingerprint density at radius 2 is 1.92 bits per heavy atom. The lowest BCUT2D eigenvalue weighted by Crippen LogP contribution is -2.57. The van der Waals surface area contributed by atoms with Crippen LogP contribution < -0.4 is 0 Å². The van der Waals surface area contributed by atoms with Gasteiger partial charge in [-0.05, 0) is 30.9 Å². The molecule has 26 heavy (non-hydrogen) atoms. The maximum atomic E-state index is 13.7. The van der Waals surface area contributed by atoms with Gasteiger partial charge in [0.2, 0.25) is 11.8 Å². The van der Waals surface area contributed by atoms with Gasteiger partial charge in [-0.3, -0.25) is 14.4 Å². The fourth-order valence-corrected chi connectivity index (χ4v) is 4.23. The normalized spacial score (nSPS) is 22.1. The van der Waals surface area contributed by atoms with Crippen LogP contribution in [-0.4, -0.2) is 58.4 Å². The van der Waals surface area contributed by atoms with Crippen molar-refractivity contribution >= 4 is 17.8 Å². The highest BCUT2D eigenvalue weighted by atomic mass is 19.1. The average Bonchev–Trinajstić information content (AvgIpc) is 2.87.